The molecule has 7 nitrogen and oxygen atoms in total. The quantitative estimate of drug-likeness (QED) is 0.452. The standard InChI is InChI=1S/C20H19NO6/c1-25-18(22)16(19(23)26-2)17-20(24)27-15-11-7-6-10-14(15)21(17)12-13-8-4-3-5-9-13/h3-11,16-17H,12H2,1-2H3. The monoisotopic (exact) mass is 369 g/mol. The van der Waals surface area contributed by atoms with Gasteiger partial charge >= 0.3 is 17.9 Å². The number of nitrogens with zero attached hydrogens (tertiary/aromatic N) is 1. The van der Waals surface area contributed by atoms with Gasteiger partial charge in [0.25, 0.3) is 0 Å². The summed E-state index contributed by atoms with van der Waals surface area (Å²) in [5.74, 6) is -3.54. The molecule has 1 heterocycles. The third kappa shape index (κ3) is 3.62. The number of anilines is 1. The summed E-state index contributed by atoms with van der Waals surface area (Å²) >= 11 is 0. The summed E-state index contributed by atoms with van der Waals surface area (Å²) in [7, 11) is 2.31. The van der Waals surface area contributed by atoms with Crippen molar-refractivity contribution in [3.05, 3.63) is 60.2 Å². The predicted octanol–water partition coefficient (Wildman–Crippen LogP) is 1.94. The average molecular weight is 369 g/mol. The van der Waals surface area contributed by atoms with Crippen molar-refractivity contribution in [1.29, 1.82) is 0 Å². The summed E-state index contributed by atoms with van der Waals surface area (Å²) in [4.78, 5) is 39.1. The van der Waals surface area contributed by atoms with Crippen LogP contribution in [0.5, 0.6) is 5.75 Å². The Kier molecular flexibility index (Phi) is 5.40. The second-order valence-corrected chi connectivity index (χ2v) is 5.97. The Morgan fingerprint density at radius 2 is 1.59 bits per heavy atom. The topological polar surface area (TPSA) is 82.1 Å². The number of carbonyl (C=O) groups excluding carboxylic acids is 3. The van der Waals surface area contributed by atoms with E-state index in [1.54, 1.807) is 29.2 Å². The zero-order valence-electron chi connectivity index (χ0n) is 15.0. The van der Waals surface area contributed by atoms with E-state index >= 15 is 0 Å². The second-order valence-electron chi connectivity index (χ2n) is 5.97. The number of esters is 3. The Morgan fingerprint density at radius 3 is 2.22 bits per heavy atom. The van der Waals surface area contributed by atoms with Gasteiger partial charge in [0.05, 0.1) is 19.9 Å². The fourth-order valence-corrected chi connectivity index (χ4v) is 3.11. The van der Waals surface area contributed by atoms with Gasteiger partial charge in [-0.05, 0) is 17.7 Å². The fraction of sp³-hybridized carbons (Fsp3) is 0.250. The van der Waals surface area contributed by atoms with Crippen molar-refractivity contribution in [3.8, 4) is 5.75 Å². The second kappa shape index (κ2) is 7.90. The molecule has 0 radical (unpaired) electrons. The zero-order chi connectivity index (χ0) is 19.4. The molecule has 0 spiro atoms. The van der Waals surface area contributed by atoms with Gasteiger partial charge in [-0.2, -0.15) is 0 Å². The van der Waals surface area contributed by atoms with Crippen LogP contribution in [0.25, 0.3) is 0 Å². The van der Waals surface area contributed by atoms with Crippen molar-refractivity contribution in [2.45, 2.75) is 12.6 Å². The first-order chi connectivity index (χ1) is 13.1. The van der Waals surface area contributed by atoms with Crippen LogP contribution >= 0.6 is 0 Å². The molecule has 3 rings (SSSR count). The smallest absolute Gasteiger partial charge is 0.335 e. The highest BCUT2D eigenvalue weighted by Crippen LogP contribution is 2.37. The van der Waals surface area contributed by atoms with E-state index in [2.05, 4.69) is 0 Å². The first kappa shape index (κ1) is 18.4. The number of fused-ring (bicyclic) bond motifs is 1. The largest absolute Gasteiger partial charge is 0.468 e. The van der Waals surface area contributed by atoms with Crippen molar-refractivity contribution in [1.82, 2.24) is 0 Å². The summed E-state index contributed by atoms with van der Waals surface area (Å²) in [6, 6.07) is 15.2. The summed E-state index contributed by atoms with van der Waals surface area (Å²) < 4.78 is 14.9. The Labute approximate surface area is 156 Å². The number of rotatable bonds is 5. The Hall–Kier alpha value is -3.35. The zero-order valence-corrected chi connectivity index (χ0v) is 15.0. The lowest BCUT2D eigenvalue weighted by Gasteiger charge is -2.38. The Balaban J connectivity index is 2.09. The van der Waals surface area contributed by atoms with Crippen LogP contribution in [-0.4, -0.2) is 38.2 Å². The number of methoxy groups -OCH3 is 2. The first-order valence-electron chi connectivity index (χ1n) is 8.33. The first-order valence-corrected chi connectivity index (χ1v) is 8.33. The van der Waals surface area contributed by atoms with E-state index in [1.807, 2.05) is 30.3 Å². The summed E-state index contributed by atoms with van der Waals surface area (Å²) in [5.41, 5.74) is 1.50. The molecule has 27 heavy (non-hydrogen) atoms. The van der Waals surface area contributed by atoms with Crippen molar-refractivity contribution >= 4 is 23.6 Å². The molecular weight excluding hydrogens is 350 g/mol. The maximum absolute atomic E-state index is 12.8. The van der Waals surface area contributed by atoms with Crippen LogP contribution in [-0.2, 0) is 30.4 Å². The summed E-state index contributed by atoms with van der Waals surface area (Å²) in [6.07, 6.45) is 0. The van der Waals surface area contributed by atoms with Gasteiger partial charge in [-0.15, -0.1) is 0 Å². The lowest BCUT2D eigenvalue weighted by molar-refractivity contribution is -0.164. The van der Waals surface area contributed by atoms with Gasteiger partial charge < -0.3 is 19.1 Å². The maximum Gasteiger partial charge on any atom is 0.335 e. The van der Waals surface area contributed by atoms with Crippen LogP contribution in [0.3, 0.4) is 0 Å². The molecule has 1 aliphatic heterocycles. The van der Waals surface area contributed by atoms with E-state index in [9.17, 15) is 14.4 Å². The van der Waals surface area contributed by atoms with Crippen molar-refractivity contribution in [3.63, 3.8) is 0 Å². The van der Waals surface area contributed by atoms with Gasteiger partial charge in [0.2, 0.25) is 0 Å². The third-order valence-corrected chi connectivity index (χ3v) is 4.38. The molecule has 0 saturated carbocycles. The van der Waals surface area contributed by atoms with Gasteiger partial charge in [-0.1, -0.05) is 42.5 Å². The van der Waals surface area contributed by atoms with Gasteiger partial charge in [0.15, 0.2) is 17.7 Å². The molecule has 0 N–H and O–H groups in total. The van der Waals surface area contributed by atoms with Gasteiger partial charge in [0.1, 0.15) is 0 Å². The normalized spacial score (nSPS) is 15.7. The van der Waals surface area contributed by atoms with Crippen LogP contribution in [0.2, 0.25) is 0 Å². The molecule has 1 unspecified atom stereocenters. The molecule has 1 aliphatic rings. The lowest BCUT2D eigenvalue weighted by Crippen LogP contribution is -2.55. The molecule has 0 amide bonds. The fourth-order valence-electron chi connectivity index (χ4n) is 3.11. The molecule has 140 valence electrons. The maximum atomic E-state index is 12.8. The van der Waals surface area contributed by atoms with E-state index in [1.165, 1.54) is 0 Å². The molecule has 0 aromatic heterocycles. The number of ether oxygens (including phenoxy) is 3. The molecule has 1 atom stereocenters. The number of carbonyl (C=O) groups is 3. The van der Waals surface area contributed by atoms with Crippen molar-refractivity contribution in [2.75, 3.05) is 19.1 Å². The van der Waals surface area contributed by atoms with Crippen LogP contribution < -0.4 is 9.64 Å². The highest BCUT2D eigenvalue weighted by molar-refractivity contribution is 6.03. The summed E-state index contributed by atoms with van der Waals surface area (Å²) in [5, 5.41) is 0. The molecule has 0 bridgehead atoms. The molecule has 0 saturated heterocycles. The molecule has 0 aliphatic carbocycles. The third-order valence-electron chi connectivity index (χ3n) is 4.38. The van der Waals surface area contributed by atoms with E-state index in [-0.39, 0.29) is 0 Å². The highest BCUT2D eigenvalue weighted by atomic mass is 16.6. The Bertz CT molecular complexity index is 835. The SMILES string of the molecule is COC(=O)C(C(=O)OC)C1C(=O)Oc2ccccc2N1Cc1ccccc1. The minimum absolute atomic E-state index is 0.294. The number of para-hydroxylation sites is 2. The highest BCUT2D eigenvalue weighted by Gasteiger charge is 2.48. The van der Waals surface area contributed by atoms with Crippen LogP contribution in [0, 0.1) is 5.92 Å². The van der Waals surface area contributed by atoms with E-state index in [4.69, 9.17) is 14.2 Å². The minimum atomic E-state index is -1.47. The van der Waals surface area contributed by atoms with Crippen LogP contribution in [0.15, 0.2) is 54.6 Å². The molecule has 7 heteroatoms. The predicted molar refractivity (Wildman–Crippen MR) is 96.0 cm³/mol. The lowest BCUT2D eigenvalue weighted by atomic mass is 9.95. The van der Waals surface area contributed by atoms with Crippen molar-refractivity contribution in [2.24, 2.45) is 5.92 Å². The van der Waals surface area contributed by atoms with E-state index < -0.39 is 29.9 Å². The molecule has 2 aromatic rings. The minimum Gasteiger partial charge on any atom is -0.468 e. The average Bonchev–Trinajstić information content (AvgIpc) is 2.70. The van der Waals surface area contributed by atoms with E-state index in [0.29, 0.717) is 18.0 Å². The number of benzene rings is 2. The van der Waals surface area contributed by atoms with Crippen LogP contribution in [0.1, 0.15) is 5.56 Å². The van der Waals surface area contributed by atoms with E-state index in [0.717, 1.165) is 19.8 Å². The summed E-state index contributed by atoms with van der Waals surface area (Å²) in [6.45, 7) is 0.294. The van der Waals surface area contributed by atoms with Gasteiger partial charge in [-0.25, -0.2) is 4.79 Å². The van der Waals surface area contributed by atoms with Crippen molar-refractivity contribution < 1.29 is 28.6 Å². The van der Waals surface area contributed by atoms with Gasteiger partial charge in [0, 0.05) is 6.54 Å². The van der Waals surface area contributed by atoms with Gasteiger partial charge in [-0.3, -0.25) is 9.59 Å². The molecule has 0 fully saturated rings. The number of hydrogen-bond donors (Lipinski definition) is 0. The van der Waals surface area contributed by atoms with Crippen LogP contribution in [0.4, 0.5) is 5.69 Å². The molecular formula is C20H19NO6. The number of hydrogen-bond acceptors (Lipinski definition) is 7. The Morgan fingerprint density at radius 1 is 1.00 bits per heavy atom. The molecule has 2 aromatic carbocycles.